The van der Waals surface area contributed by atoms with Crippen LogP contribution in [0.15, 0.2) is 58.4 Å². The van der Waals surface area contributed by atoms with Crippen LogP contribution in [0.2, 0.25) is 0 Å². The van der Waals surface area contributed by atoms with Crippen molar-refractivity contribution in [3.05, 3.63) is 59.7 Å². The average Bonchev–Trinajstić information content (AvgIpc) is 3.01. The van der Waals surface area contributed by atoms with Crippen molar-refractivity contribution in [3.63, 3.8) is 0 Å². The van der Waals surface area contributed by atoms with Crippen molar-refractivity contribution in [3.8, 4) is 0 Å². The summed E-state index contributed by atoms with van der Waals surface area (Å²) in [5.74, 6) is -0.101. The Labute approximate surface area is 170 Å². The summed E-state index contributed by atoms with van der Waals surface area (Å²) in [6, 6.07) is 13.9. The van der Waals surface area contributed by atoms with E-state index >= 15 is 0 Å². The molecule has 0 N–H and O–H groups in total. The van der Waals surface area contributed by atoms with Crippen LogP contribution in [0, 0.1) is 6.92 Å². The lowest BCUT2D eigenvalue weighted by molar-refractivity contribution is 0.0855. The zero-order valence-electron chi connectivity index (χ0n) is 16.3. The SMILES string of the molecule is Cc1cccc(C(=O)N2C[C@H](C)SC2=Nc2cccc(S(=O)(=O)N(C)C)c2)c1. The zero-order valence-corrected chi connectivity index (χ0v) is 17.9. The van der Waals surface area contributed by atoms with Gasteiger partial charge in [0, 0.05) is 31.5 Å². The second-order valence-corrected chi connectivity index (χ2v) is 10.5. The van der Waals surface area contributed by atoms with Crippen molar-refractivity contribution < 1.29 is 13.2 Å². The molecule has 1 atom stereocenters. The first kappa shape index (κ1) is 20.6. The lowest BCUT2D eigenvalue weighted by atomic mass is 10.1. The highest BCUT2D eigenvalue weighted by Crippen LogP contribution is 2.30. The third-order valence-corrected chi connectivity index (χ3v) is 7.19. The van der Waals surface area contributed by atoms with Gasteiger partial charge < -0.3 is 0 Å². The van der Waals surface area contributed by atoms with Crippen LogP contribution in [-0.4, -0.2) is 54.6 Å². The molecule has 1 fully saturated rings. The number of hydrogen-bond acceptors (Lipinski definition) is 5. The van der Waals surface area contributed by atoms with Crippen molar-refractivity contribution >= 4 is 38.5 Å². The van der Waals surface area contributed by atoms with E-state index in [4.69, 9.17) is 0 Å². The summed E-state index contributed by atoms with van der Waals surface area (Å²) in [6.45, 7) is 4.55. The number of amidine groups is 1. The second-order valence-electron chi connectivity index (χ2n) is 6.89. The van der Waals surface area contributed by atoms with Crippen LogP contribution < -0.4 is 0 Å². The van der Waals surface area contributed by atoms with Crippen molar-refractivity contribution in [2.24, 2.45) is 4.99 Å². The number of aryl methyl sites for hydroxylation is 1. The van der Waals surface area contributed by atoms with E-state index in [2.05, 4.69) is 4.99 Å². The largest absolute Gasteiger partial charge is 0.286 e. The molecule has 0 aliphatic carbocycles. The second kappa shape index (κ2) is 8.06. The molecule has 2 aromatic rings. The molecule has 148 valence electrons. The Hall–Kier alpha value is -2.16. The smallest absolute Gasteiger partial charge is 0.259 e. The Kier molecular flexibility index (Phi) is 5.92. The van der Waals surface area contributed by atoms with Gasteiger partial charge in [0.1, 0.15) is 0 Å². The number of benzene rings is 2. The Balaban J connectivity index is 1.95. The van der Waals surface area contributed by atoms with E-state index in [0.717, 1.165) is 5.56 Å². The highest BCUT2D eigenvalue weighted by atomic mass is 32.2. The standard InChI is InChI=1S/C20H23N3O3S2/c1-14-7-5-8-16(11-14)19(24)23-13-15(2)27-20(23)21-17-9-6-10-18(12-17)28(25,26)22(3)4/h5-12,15H,13H2,1-4H3/t15-/m0/s1. The van der Waals surface area contributed by atoms with Gasteiger partial charge in [0.05, 0.1) is 10.6 Å². The number of carbonyl (C=O) groups is 1. The summed E-state index contributed by atoms with van der Waals surface area (Å²) < 4.78 is 25.9. The molecular formula is C20H23N3O3S2. The van der Waals surface area contributed by atoms with Crippen molar-refractivity contribution in [1.29, 1.82) is 0 Å². The van der Waals surface area contributed by atoms with Crippen molar-refractivity contribution in [2.45, 2.75) is 24.0 Å². The highest BCUT2D eigenvalue weighted by Gasteiger charge is 2.31. The van der Waals surface area contributed by atoms with Crippen LogP contribution in [0.5, 0.6) is 0 Å². The summed E-state index contributed by atoms with van der Waals surface area (Å²) in [7, 11) is -0.563. The van der Waals surface area contributed by atoms with Gasteiger partial charge >= 0.3 is 0 Å². The van der Waals surface area contributed by atoms with Gasteiger partial charge in [-0.25, -0.2) is 17.7 Å². The van der Waals surface area contributed by atoms with E-state index < -0.39 is 10.0 Å². The number of hydrogen-bond donors (Lipinski definition) is 0. The third kappa shape index (κ3) is 4.29. The minimum absolute atomic E-state index is 0.101. The fourth-order valence-corrected chi connectivity index (χ4v) is 4.81. The van der Waals surface area contributed by atoms with Crippen LogP contribution in [0.25, 0.3) is 0 Å². The van der Waals surface area contributed by atoms with Crippen LogP contribution in [0.3, 0.4) is 0 Å². The van der Waals surface area contributed by atoms with Gasteiger partial charge in [0.25, 0.3) is 5.91 Å². The fraction of sp³-hybridized carbons (Fsp3) is 0.300. The molecule has 1 amide bonds. The van der Waals surface area contributed by atoms with Gasteiger partial charge in [-0.3, -0.25) is 9.69 Å². The number of sulfonamides is 1. The molecule has 0 unspecified atom stereocenters. The number of aliphatic imine (C=N–C) groups is 1. The number of amides is 1. The average molecular weight is 418 g/mol. The molecule has 1 aliphatic heterocycles. The third-order valence-electron chi connectivity index (χ3n) is 4.31. The van der Waals surface area contributed by atoms with Crippen LogP contribution in [-0.2, 0) is 10.0 Å². The van der Waals surface area contributed by atoms with E-state index in [1.54, 1.807) is 29.2 Å². The van der Waals surface area contributed by atoms with Crippen LogP contribution in [0.4, 0.5) is 5.69 Å². The molecule has 0 aromatic heterocycles. The Morgan fingerprint density at radius 2 is 1.89 bits per heavy atom. The molecular weight excluding hydrogens is 394 g/mol. The van der Waals surface area contributed by atoms with Gasteiger partial charge in [-0.1, -0.05) is 42.4 Å². The van der Waals surface area contributed by atoms with Crippen molar-refractivity contribution in [2.75, 3.05) is 20.6 Å². The van der Waals surface area contributed by atoms with Gasteiger partial charge in [-0.2, -0.15) is 0 Å². The molecule has 28 heavy (non-hydrogen) atoms. The first-order valence-electron chi connectivity index (χ1n) is 8.85. The summed E-state index contributed by atoms with van der Waals surface area (Å²) in [6.07, 6.45) is 0. The molecule has 1 heterocycles. The molecule has 0 radical (unpaired) electrons. The highest BCUT2D eigenvalue weighted by molar-refractivity contribution is 8.14. The quantitative estimate of drug-likeness (QED) is 0.763. The number of nitrogens with zero attached hydrogens (tertiary/aromatic N) is 3. The van der Waals surface area contributed by atoms with E-state index in [-0.39, 0.29) is 16.1 Å². The summed E-state index contributed by atoms with van der Waals surface area (Å²) in [5.41, 5.74) is 2.14. The predicted molar refractivity (Wildman–Crippen MR) is 114 cm³/mol. The number of carbonyl (C=O) groups excluding carboxylic acids is 1. The molecule has 0 bridgehead atoms. The molecule has 2 aromatic carbocycles. The zero-order chi connectivity index (χ0) is 20.5. The maximum atomic E-state index is 13.0. The minimum atomic E-state index is -3.54. The molecule has 0 spiro atoms. The monoisotopic (exact) mass is 417 g/mol. The maximum Gasteiger partial charge on any atom is 0.259 e. The molecule has 1 saturated heterocycles. The van der Waals surface area contributed by atoms with Crippen LogP contribution in [0.1, 0.15) is 22.8 Å². The Morgan fingerprint density at radius 3 is 2.57 bits per heavy atom. The molecule has 6 nitrogen and oxygen atoms in total. The molecule has 8 heteroatoms. The summed E-state index contributed by atoms with van der Waals surface area (Å²) in [5, 5.41) is 0.791. The van der Waals surface area contributed by atoms with Gasteiger partial charge in [-0.15, -0.1) is 0 Å². The predicted octanol–water partition coefficient (Wildman–Crippen LogP) is 3.51. The lowest BCUT2D eigenvalue weighted by Gasteiger charge is -2.16. The first-order valence-corrected chi connectivity index (χ1v) is 11.2. The van der Waals surface area contributed by atoms with E-state index in [1.807, 2.05) is 32.0 Å². The van der Waals surface area contributed by atoms with Crippen LogP contribution >= 0.6 is 11.8 Å². The summed E-state index contributed by atoms with van der Waals surface area (Å²) >= 11 is 1.51. The van der Waals surface area contributed by atoms with E-state index in [9.17, 15) is 13.2 Å². The fourth-order valence-electron chi connectivity index (χ4n) is 2.84. The Morgan fingerprint density at radius 1 is 1.18 bits per heavy atom. The van der Waals surface area contributed by atoms with E-state index in [1.165, 1.54) is 36.2 Å². The number of rotatable bonds is 4. The maximum absolute atomic E-state index is 13.0. The normalized spacial score (nSPS) is 18.8. The first-order chi connectivity index (χ1) is 13.2. The van der Waals surface area contributed by atoms with E-state index in [0.29, 0.717) is 23.0 Å². The molecule has 3 rings (SSSR count). The Bertz CT molecular complexity index is 1030. The molecule has 1 aliphatic rings. The van der Waals surface area contributed by atoms with Crippen molar-refractivity contribution in [1.82, 2.24) is 9.21 Å². The topological polar surface area (TPSA) is 70.0 Å². The minimum Gasteiger partial charge on any atom is -0.286 e. The molecule has 0 saturated carbocycles. The summed E-state index contributed by atoms with van der Waals surface area (Å²) in [4.78, 5) is 19.4. The van der Waals surface area contributed by atoms with Gasteiger partial charge in [-0.05, 0) is 37.3 Å². The van der Waals surface area contributed by atoms with Gasteiger partial charge in [0.15, 0.2) is 5.17 Å². The number of thioether (sulfide) groups is 1. The van der Waals surface area contributed by atoms with Gasteiger partial charge in [0.2, 0.25) is 10.0 Å². The lowest BCUT2D eigenvalue weighted by Crippen LogP contribution is -2.32.